The minimum Gasteiger partial charge on any atom is -0.184 e. The van der Waals surface area contributed by atoms with Crippen LogP contribution < -0.4 is 0 Å². The minimum absolute atomic E-state index is 0.617. The van der Waals surface area contributed by atoms with Gasteiger partial charge in [-0.25, -0.2) is 0 Å². The summed E-state index contributed by atoms with van der Waals surface area (Å²) in [5.74, 6) is 0. The minimum atomic E-state index is -3.27. The lowest BCUT2D eigenvalue weighted by Gasteiger charge is -2.29. The second-order valence-electron chi connectivity index (χ2n) is 3.96. The van der Waals surface area contributed by atoms with E-state index in [0.717, 1.165) is 0 Å². The van der Waals surface area contributed by atoms with Gasteiger partial charge in [-0.2, -0.15) is 33.7 Å². The summed E-state index contributed by atoms with van der Waals surface area (Å²) in [7, 11) is -13.1. The van der Waals surface area contributed by atoms with Gasteiger partial charge in [-0.3, -0.25) is 0 Å². The van der Waals surface area contributed by atoms with Crippen LogP contribution in [0.1, 0.15) is 0 Å². The van der Waals surface area contributed by atoms with E-state index in [2.05, 4.69) is 26.3 Å². The number of rotatable bonds is 8. The van der Waals surface area contributed by atoms with Crippen molar-refractivity contribution in [1.82, 2.24) is 0 Å². The van der Waals surface area contributed by atoms with E-state index in [4.69, 9.17) is 0 Å². The van der Waals surface area contributed by atoms with Gasteiger partial charge in [0, 0.05) is 0 Å². The third kappa shape index (κ3) is 4.04. The standard InChI is InChI=1S/C13H12O8S4/c1-5-9(22(14)15)13(10(6-2)23(16)17,11(7-3)24(18)19)12(8-4)25(20)21/h5-8H,1-4H2. The molecule has 0 amide bonds. The van der Waals surface area contributed by atoms with Crippen LogP contribution in [0.25, 0.3) is 0 Å². The Bertz CT molecular complexity index is 973. The maximum Gasteiger partial charge on any atom is 0.219 e. The van der Waals surface area contributed by atoms with E-state index in [-0.39, 0.29) is 0 Å². The Morgan fingerprint density at radius 1 is 0.480 bits per heavy atom. The van der Waals surface area contributed by atoms with E-state index < -0.39 is 66.0 Å². The number of allylic oxidation sites excluding steroid dienone is 4. The van der Waals surface area contributed by atoms with Gasteiger partial charge in [-0.05, 0) is 24.3 Å². The Labute approximate surface area is 150 Å². The summed E-state index contributed by atoms with van der Waals surface area (Å²) in [6.07, 6.45) is 2.47. The summed E-state index contributed by atoms with van der Waals surface area (Å²) >= 11 is 0. The second kappa shape index (κ2) is 9.27. The van der Waals surface area contributed by atoms with Crippen LogP contribution in [0.4, 0.5) is 0 Å². The van der Waals surface area contributed by atoms with Crippen molar-refractivity contribution >= 4 is 60.6 Å². The van der Waals surface area contributed by atoms with Crippen molar-refractivity contribution in [2.24, 2.45) is 5.41 Å². The van der Waals surface area contributed by atoms with Crippen LogP contribution in [-0.4, -0.2) is 53.1 Å². The molecule has 136 valence electrons. The highest BCUT2D eigenvalue weighted by atomic mass is 32.2. The lowest BCUT2D eigenvalue weighted by Crippen LogP contribution is -2.51. The van der Waals surface area contributed by atoms with E-state index >= 15 is 0 Å². The topological polar surface area (TPSA) is 137 Å². The molecule has 0 radical (unpaired) electrons. The molecule has 0 saturated heterocycles. The summed E-state index contributed by atoms with van der Waals surface area (Å²) in [6.45, 7) is 12.8. The summed E-state index contributed by atoms with van der Waals surface area (Å²) < 4.78 is 93.2. The van der Waals surface area contributed by atoms with Crippen molar-refractivity contribution in [1.29, 1.82) is 0 Å². The molecule has 0 rings (SSSR count). The van der Waals surface area contributed by atoms with Gasteiger partial charge in [0.2, 0.25) is 41.2 Å². The van der Waals surface area contributed by atoms with Crippen molar-refractivity contribution in [3.05, 3.63) is 50.6 Å². The normalized spacial score (nSPS) is 9.92. The van der Waals surface area contributed by atoms with Crippen LogP contribution in [0.15, 0.2) is 50.6 Å². The first-order valence-electron chi connectivity index (χ1n) is 5.94. The van der Waals surface area contributed by atoms with E-state index in [9.17, 15) is 33.7 Å². The first kappa shape index (κ1) is 22.7. The van der Waals surface area contributed by atoms with E-state index in [1.807, 2.05) is 0 Å². The zero-order valence-electron chi connectivity index (χ0n) is 12.5. The summed E-state index contributed by atoms with van der Waals surface area (Å²) in [5, 5.41) is 0. The molecule has 0 aliphatic heterocycles. The monoisotopic (exact) mass is 424 g/mol. The van der Waals surface area contributed by atoms with Gasteiger partial charge in [-0.15, -0.1) is 0 Å². The molecule has 0 aromatic carbocycles. The van der Waals surface area contributed by atoms with Gasteiger partial charge >= 0.3 is 0 Å². The molecule has 0 saturated carbocycles. The highest BCUT2D eigenvalue weighted by Crippen LogP contribution is 2.28. The molecule has 0 fully saturated rings. The van der Waals surface area contributed by atoms with Crippen LogP contribution in [0, 0.1) is 5.41 Å². The second-order valence-corrected chi connectivity index (χ2v) is 7.60. The SMILES string of the molecule is C=CC(=S(=O)=O)C(C(C=C)=S(=O)=O)(C(C=C)=S(=O)=O)C(C=C)=S(=O)=O. The number of hydrogen-bond acceptors (Lipinski definition) is 8. The molecule has 0 N–H and O–H groups in total. The molecule has 0 aliphatic carbocycles. The molecule has 0 aromatic rings. The van der Waals surface area contributed by atoms with E-state index in [0.29, 0.717) is 24.3 Å². The number of hydrogen-bond donors (Lipinski definition) is 0. The fourth-order valence-electron chi connectivity index (χ4n) is 2.11. The van der Waals surface area contributed by atoms with E-state index in [1.165, 1.54) is 0 Å². The van der Waals surface area contributed by atoms with Crippen molar-refractivity contribution < 1.29 is 33.7 Å². The molecular formula is C13H12O8S4. The quantitative estimate of drug-likeness (QED) is 0.355. The first-order valence-corrected chi connectivity index (χ1v) is 10.2. The largest absolute Gasteiger partial charge is 0.219 e. The summed E-state index contributed by atoms with van der Waals surface area (Å²) in [4.78, 5) is -3.82. The van der Waals surface area contributed by atoms with Crippen molar-refractivity contribution in [2.45, 2.75) is 0 Å². The Morgan fingerprint density at radius 3 is 0.720 bits per heavy atom. The Hall–Kier alpha value is -2.28. The molecule has 0 unspecified atom stereocenters. The van der Waals surface area contributed by atoms with Crippen molar-refractivity contribution in [3.8, 4) is 0 Å². The van der Waals surface area contributed by atoms with Crippen LogP contribution in [-0.2, 0) is 41.2 Å². The Balaban J connectivity index is 8.73. The van der Waals surface area contributed by atoms with Gasteiger partial charge in [-0.1, -0.05) is 26.3 Å². The molecule has 0 aromatic heterocycles. The predicted molar refractivity (Wildman–Crippen MR) is 98.9 cm³/mol. The molecule has 0 atom stereocenters. The summed E-state index contributed by atoms with van der Waals surface area (Å²) in [5.41, 5.74) is -2.80. The van der Waals surface area contributed by atoms with Gasteiger partial charge in [0.05, 0.1) is 19.5 Å². The van der Waals surface area contributed by atoms with Crippen LogP contribution >= 0.6 is 0 Å². The molecular weight excluding hydrogens is 412 g/mol. The van der Waals surface area contributed by atoms with Crippen LogP contribution in [0.2, 0.25) is 0 Å². The maximum absolute atomic E-state index is 11.7. The lowest BCUT2D eigenvalue weighted by molar-refractivity contribution is 0.626. The van der Waals surface area contributed by atoms with Gasteiger partial charge in [0.15, 0.2) is 0 Å². The maximum atomic E-state index is 11.7. The molecule has 8 nitrogen and oxygen atoms in total. The van der Waals surface area contributed by atoms with Gasteiger partial charge in [0.25, 0.3) is 0 Å². The molecule has 0 heterocycles. The zero-order chi connectivity index (χ0) is 19.9. The average molecular weight is 424 g/mol. The van der Waals surface area contributed by atoms with Gasteiger partial charge < -0.3 is 0 Å². The zero-order valence-corrected chi connectivity index (χ0v) is 15.8. The Kier molecular flexibility index (Phi) is 8.42. The molecule has 0 spiro atoms. The Morgan fingerprint density at radius 2 is 0.640 bits per heavy atom. The van der Waals surface area contributed by atoms with Crippen LogP contribution in [0.5, 0.6) is 0 Å². The van der Waals surface area contributed by atoms with Gasteiger partial charge in [0.1, 0.15) is 5.41 Å². The highest BCUT2D eigenvalue weighted by molar-refractivity contribution is 7.79. The smallest absolute Gasteiger partial charge is 0.184 e. The van der Waals surface area contributed by atoms with E-state index in [1.54, 1.807) is 0 Å². The van der Waals surface area contributed by atoms with Crippen LogP contribution in [0.3, 0.4) is 0 Å². The molecule has 0 aliphatic rings. The fourth-order valence-corrected chi connectivity index (χ4v) is 5.36. The first-order chi connectivity index (χ1) is 11.6. The van der Waals surface area contributed by atoms with Crippen molar-refractivity contribution in [3.63, 3.8) is 0 Å². The third-order valence-corrected chi connectivity index (χ3v) is 6.27. The molecule has 0 bridgehead atoms. The fraction of sp³-hybridized carbons (Fsp3) is 0.0769. The average Bonchev–Trinajstić information content (AvgIpc) is 2.47. The predicted octanol–water partition coefficient (Wildman–Crippen LogP) is -1.08. The molecule has 25 heavy (non-hydrogen) atoms. The lowest BCUT2D eigenvalue weighted by atomic mass is 9.74. The molecule has 12 heteroatoms. The summed E-state index contributed by atoms with van der Waals surface area (Å²) in [6, 6.07) is 0. The van der Waals surface area contributed by atoms with Crippen molar-refractivity contribution in [2.75, 3.05) is 0 Å². The third-order valence-electron chi connectivity index (χ3n) is 2.94. The highest BCUT2D eigenvalue weighted by Gasteiger charge is 2.49.